The zero-order valence-corrected chi connectivity index (χ0v) is 28.4. The quantitative estimate of drug-likeness (QED) is 0.177. The van der Waals surface area contributed by atoms with Crippen LogP contribution in [-0.4, -0.2) is 9.13 Å². The summed E-state index contributed by atoms with van der Waals surface area (Å²) in [6, 6.07) is 66.5. The molecule has 11 rings (SSSR count). The zero-order chi connectivity index (χ0) is 33.5. The molecule has 0 amide bonds. The Morgan fingerprint density at radius 1 is 0.314 bits per heavy atom. The van der Waals surface area contributed by atoms with E-state index in [0.717, 1.165) is 0 Å². The van der Waals surface area contributed by atoms with E-state index in [1.165, 1.54) is 97.4 Å². The van der Waals surface area contributed by atoms with E-state index in [4.69, 9.17) is 0 Å². The van der Waals surface area contributed by atoms with E-state index in [2.05, 4.69) is 191 Å². The van der Waals surface area contributed by atoms with Crippen LogP contribution in [0.1, 0.15) is 0 Å². The van der Waals surface area contributed by atoms with Crippen molar-refractivity contribution in [3.8, 4) is 33.6 Å². The van der Waals surface area contributed by atoms with E-state index in [0.29, 0.717) is 0 Å². The number of hydrogen-bond donors (Lipinski definition) is 0. The lowest BCUT2D eigenvalue weighted by Crippen LogP contribution is -1.94. The second-order valence-electron chi connectivity index (χ2n) is 13.3. The number of benzene rings is 8. The molecular weight excluding hydrogens is 637 g/mol. The normalized spacial score (nSPS) is 11.9. The van der Waals surface area contributed by atoms with Gasteiger partial charge in [-0.1, -0.05) is 133 Å². The van der Waals surface area contributed by atoms with Crippen molar-refractivity contribution in [2.75, 3.05) is 0 Å². The molecule has 0 aliphatic heterocycles. The van der Waals surface area contributed by atoms with Crippen LogP contribution in [0.15, 0.2) is 182 Å². The molecule has 0 bridgehead atoms. The molecule has 0 aliphatic rings. The minimum Gasteiger partial charge on any atom is -0.309 e. The molecular formula is C48H30N2S. The van der Waals surface area contributed by atoms with Gasteiger partial charge in [0.15, 0.2) is 0 Å². The SMILES string of the molecule is c1cc(-c2ccc(-c3ccc(-n4c5ccccc5c5ccc6c7ccccc7sc6c54)cc3)cc2)cc(-n2c3ccccc3c3ccccc32)c1. The first-order valence-corrected chi connectivity index (χ1v) is 18.3. The Kier molecular flexibility index (Phi) is 6.16. The van der Waals surface area contributed by atoms with E-state index in [9.17, 15) is 0 Å². The highest BCUT2D eigenvalue weighted by Crippen LogP contribution is 2.43. The largest absolute Gasteiger partial charge is 0.309 e. The molecule has 11 aromatic rings. The predicted molar refractivity (Wildman–Crippen MR) is 219 cm³/mol. The van der Waals surface area contributed by atoms with Gasteiger partial charge in [-0.2, -0.15) is 0 Å². The molecule has 0 saturated heterocycles. The lowest BCUT2D eigenvalue weighted by Gasteiger charge is -2.12. The van der Waals surface area contributed by atoms with Gasteiger partial charge in [-0.25, -0.2) is 0 Å². The Morgan fingerprint density at radius 3 is 1.49 bits per heavy atom. The summed E-state index contributed by atoms with van der Waals surface area (Å²) in [6.07, 6.45) is 0. The van der Waals surface area contributed by atoms with Crippen LogP contribution in [0.25, 0.3) is 97.4 Å². The molecule has 0 saturated carbocycles. The minimum absolute atomic E-state index is 1.17. The lowest BCUT2D eigenvalue weighted by atomic mass is 10.00. The maximum atomic E-state index is 2.46. The average Bonchev–Trinajstić information content (AvgIpc) is 3.86. The van der Waals surface area contributed by atoms with E-state index in [1.807, 2.05) is 11.3 Å². The third-order valence-corrected chi connectivity index (χ3v) is 11.7. The monoisotopic (exact) mass is 666 g/mol. The van der Waals surface area contributed by atoms with Crippen LogP contribution in [0.3, 0.4) is 0 Å². The van der Waals surface area contributed by atoms with E-state index >= 15 is 0 Å². The van der Waals surface area contributed by atoms with Crippen LogP contribution in [0, 0.1) is 0 Å². The summed E-state index contributed by atoms with van der Waals surface area (Å²) in [6.45, 7) is 0. The van der Waals surface area contributed by atoms with Crippen molar-refractivity contribution in [1.82, 2.24) is 9.13 Å². The zero-order valence-electron chi connectivity index (χ0n) is 27.6. The summed E-state index contributed by atoms with van der Waals surface area (Å²) in [5, 5.41) is 7.79. The predicted octanol–water partition coefficient (Wildman–Crippen LogP) is 13.6. The van der Waals surface area contributed by atoms with Crippen LogP contribution >= 0.6 is 11.3 Å². The van der Waals surface area contributed by atoms with Crippen molar-refractivity contribution in [3.63, 3.8) is 0 Å². The van der Waals surface area contributed by atoms with Crippen molar-refractivity contribution in [1.29, 1.82) is 0 Å². The number of thiophene rings is 1. The summed E-state index contributed by atoms with van der Waals surface area (Å²) in [4.78, 5) is 0. The van der Waals surface area contributed by atoms with Gasteiger partial charge in [0.05, 0.1) is 26.8 Å². The van der Waals surface area contributed by atoms with Gasteiger partial charge in [0.2, 0.25) is 0 Å². The number of hydrogen-bond acceptors (Lipinski definition) is 1. The maximum Gasteiger partial charge on any atom is 0.0719 e. The van der Waals surface area contributed by atoms with Crippen LogP contribution in [0.5, 0.6) is 0 Å². The van der Waals surface area contributed by atoms with Crippen molar-refractivity contribution in [3.05, 3.63) is 182 Å². The van der Waals surface area contributed by atoms with Crippen molar-refractivity contribution < 1.29 is 0 Å². The molecule has 3 heterocycles. The van der Waals surface area contributed by atoms with E-state index < -0.39 is 0 Å². The first kappa shape index (κ1) is 28.4. The topological polar surface area (TPSA) is 9.86 Å². The molecule has 0 radical (unpaired) electrons. The summed E-state index contributed by atoms with van der Waals surface area (Å²) in [7, 11) is 0. The minimum atomic E-state index is 1.17. The second kappa shape index (κ2) is 11.0. The third-order valence-electron chi connectivity index (χ3n) is 10.5. The van der Waals surface area contributed by atoms with Gasteiger partial charge >= 0.3 is 0 Å². The molecule has 238 valence electrons. The number of nitrogens with zero attached hydrogens (tertiary/aromatic N) is 2. The molecule has 0 aliphatic carbocycles. The fourth-order valence-electron chi connectivity index (χ4n) is 8.18. The molecule has 0 fully saturated rings. The first-order valence-electron chi connectivity index (χ1n) is 17.4. The molecule has 51 heavy (non-hydrogen) atoms. The summed E-state index contributed by atoms with van der Waals surface area (Å²) < 4.78 is 7.51. The van der Waals surface area contributed by atoms with Gasteiger partial charge in [0.25, 0.3) is 0 Å². The third kappa shape index (κ3) is 4.29. The van der Waals surface area contributed by atoms with Crippen molar-refractivity contribution in [2.45, 2.75) is 0 Å². The molecule has 3 aromatic heterocycles. The Labute approximate surface area is 298 Å². The van der Waals surface area contributed by atoms with Crippen molar-refractivity contribution >= 4 is 75.1 Å². The van der Waals surface area contributed by atoms with E-state index in [-0.39, 0.29) is 0 Å². The molecule has 0 atom stereocenters. The summed E-state index contributed by atoms with van der Waals surface area (Å²) in [5.41, 5.74) is 12.1. The first-order chi connectivity index (χ1) is 25.3. The molecule has 0 spiro atoms. The van der Waals surface area contributed by atoms with Gasteiger partial charge in [0.1, 0.15) is 0 Å². The van der Waals surface area contributed by atoms with Gasteiger partial charge in [0, 0.05) is 48.4 Å². The number of fused-ring (bicyclic) bond motifs is 10. The molecule has 8 aromatic carbocycles. The Balaban J connectivity index is 0.968. The number of rotatable bonds is 4. The highest BCUT2D eigenvalue weighted by Gasteiger charge is 2.18. The molecule has 3 heteroatoms. The second-order valence-corrected chi connectivity index (χ2v) is 14.4. The fraction of sp³-hybridized carbons (Fsp3) is 0. The van der Waals surface area contributed by atoms with Crippen LogP contribution < -0.4 is 0 Å². The van der Waals surface area contributed by atoms with Gasteiger partial charge in [-0.15, -0.1) is 11.3 Å². The van der Waals surface area contributed by atoms with Gasteiger partial charge in [-0.3, -0.25) is 0 Å². The highest BCUT2D eigenvalue weighted by atomic mass is 32.1. The van der Waals surface area contributed by atoms with Gasteiger partial charge < -0.3 is 9.13 Å². The van der Waals surface area contributed by atoms with Crippen molar-refractivity contribution in [2.24, 2.45) is 0 Å². The number of aromatic nitrogens is 2. The number of para-hydroxylation sites is 3. The van der Waals surface area contributed by atoms with Crippen LogP contribution in [0.2, 0.25) is 0 Å². The average molecular weight is 667 g/mol. The van der Waals surface area contributed by atoms with Crippen LogP contribution in [-0.2, 0) is 0 Å². The standard InChI is InChI=1S/C48H30N2S/c1-5-16-43-37(12-1)38-13-2-6-17-44(38)49(43)36-11-9-10-34(30-36)33-22-20-31(21-23-33)32-24-26-35(27-25-32)50-45-18-7-3-14-39(45)41-28-29-42-40-15-4-8-19-46(40)51-48(42)47(41)50/h1-30H. The van der Waals surface area contributed by atoms with Gasteiger partial charge in [-0.05, 0) is 70.8 Å². The lowest BCUT2D eigenvalue weighted by molar-refractivity contribution is 1.18. The molecule has 0 N–H and O–H groups in total. The smallest absolute Gasteiger partial charge is 0.0719 e. The summed E-state index contributed by atoms with van der Waals surface area (Å²) in [5.74, 6) is 0. The molecule has 2 nitrogen and oxygen atoms in total. The summed E-state index contributed by atoms with van der Waals surface area (Å²) >= 11 is 1.89. The molecule has 0 unspecified atom stereocenters. The Morgan fingerprint density at radius 2 is 0.824 bits per heavy atom. The Hall–Kier alpha value is -6.42. The van der Waals surface area contributed by atoms with E-state index in [1.54, 1.807) is 0 Å². The fourth-order valence-corrected chi connectivity index (χ4v) is 9.42. The maximum absolute atomic E-state index is 2.46. The van der Waals surface area contributed by atoms with Crippen LogP contribution in [0.4, 0.5) is 0 Å². The highest BCUT2D eigenvalue weighted by molar-refractivity contribution is 7.26. The Bertz CT molecular complexity index is 3070.